The van der Waals surface area contributed by atoms with Crippen molar-refractivity contribution in [2.24, 2.45) is 0 Å². The van der Waals surface area contributed by atoms with Gasteiger partial charge in [-0.15, -0.1) is 0 Å². The topological polar surface area (TPSA) is 72.4 Å². The molecule has 0 N–H and O–H groups in total. The number of rotatable bonds is 4. The van der Waals surface area contributed by atoms with Gasteiger partial charge in [0.2, 0.25) is 0 Å². The molecule has 17 heavy (non-hydrogen) atoms. The number of hydrogen-bond acceptors (Lipinski definition) is 4. The van der Waals surface area contributed by atoms with E-state index in [1.165, 1.54) is 0 Å². The van der Waals surface area contributed by atoms with Crippen LogP contribution in [0.3, 0.4) is 0 Å². The smallest absolute Gasteiger partial charge is 0.131 e. The van der Waals surface area contributed by atoms with E-state index >= 15 is 0 Å². The number of phosphoric acid groups is 1. The molecule has 0 amide bonds. The third-order valence-corrected chi connectivity index (χ3v) is 2.93. The Hall–Kier alpha value is -0.830. The molecule has 0 fully saturated rings. The van der Waals surface area contributed by atoms with Crippen LogP contribution >= 0.6 is 7.82 Å². The van der Waals surface area contributed by atoms with Crippen molar-refractivity contribution >= 4 is 7.82 Å². The van der Waals surface area contributed by atoms with Gasteiger partial charge in [0.25, 0.3) is 0 Å². The van der Waals surface area contributed by atoms with E-state index in [-0.39, 0.29) is 17.6 Å². The van der Waals surface area contributed by atoms with Crippen LogP contribution in [0.5, 0.6) is 5.75 Å². The average Bonchev–Trinajstić information content (AvgIpc) is 2.14. The maximum Gasteiger partial charge on any atom is 0.131 e. The lowest BCUT2D eigenvalue weighted by atomic mass is 9.94. The number of hydrogen-bond donors (Lipinski definition) is 0. The molecule has 96 valence electrons. The molecule has 0 spiro atoms. The zero-order valence-electron chi connectivity index (χ0n) is 10.5. The van der Waals surface area contributed by atoms with Crippen LogP contribution in [0, 0.1) is 0 Å². The van der Waals surface area contributed by atoms with E-state index in [0.717, 1.165) is 11.1 Å². The molecule has 0 heterocycles. The molecule has 5 heteroatoms. The summed E-state index contributed by atoms with van der Waals surface area (Å²) in [6.07, 6.45) is 0. The average molecular weight is 256 g/mol. The summed E-state index contributed by atoms with van der Waals surface area (Å²) in [4.78, 5) is 21.6. The molecule has 0 saturated carbocycles. The van der Waals surface area contributed by atoms with Crippen LogP contribution in [-0.2, 0) is 4.57 Å². The summed E-state index contributed by atoms with van der Waals surface area (Å²) >= 11 is 0. The third-order valence-electron chi connectivity index (χ3n) is 2.52. The van der Waals surface area contributed by atoms with Crippen LogP contribution in [0.25, 0.3) is 0 Å². The van der Waals surface area contributed by atoms with Crippen molar-refractivity contribution in [3.05, 3.63) is 29.3 Å². The minimum Gasteiger partial charge on any atom is -0.780 e. The second-order valence-corrected chi connectivity index (χ2v) is 5.69. The predicted octanol–water partition coefficient (Wildman–Crippen LogP) is 2.14. The van der Waals surface area contributed by atoms with Gasteiger partial charge < -0.3 is 18.9 Å². The van der Waals surface area contributed by atoms with Gasteiger partial charge >= 0.3 is 0 Å². The van der Waals surface area contributed by atoms with Gasteiger partial charge in [0.1, 0.15) is 13.6 Å². The zero-order chi connectivity index (χ0) is 13.2. The van der Waals surface area contributed by atoms with E-state index in [1.807, 2.05) is 33.8 Å². The molecule has 0 aliphatic rings. The van der Waals surface area contributed by atoms with E-state index in [9.17, 15) is 14.4 Å². The molecule has 1 aromatic rings. The quantitative estimate of drug-likeness (QED) is 0.773. The summed E-state index contributed by atoms with van der Waals surface area (Å²) in [5, 5.41) is 0. The Morgan fingerprint density at radius 3 is 1.76 bits per heavy atom. The highest BCUT2D eigenvalue weighted by molar-refractivity contribution is 7.43. The zero-order valence-corrected chi connectivity index (χ0v) is 11.4. The number of para-hydroxylation sites is 1. The van der Waals surface area contributed by atoms with E-state index in [2.05, 4.69) is 4.52 Å². The highest BCUT2D eigenvalue weighted by Crippen LogP contribution is 2.40. The van der Waals surface area contributed by atoms with Crippen molar-refractivity contribution in [3.63, 3.8) is 0 Å². The molecule has 0 aliphatic heterocycles. The summed E-state index contributed by atoms with van der Waals surface area (Å²) in [6.45, 7) is 7.69. The van der Waals surface area contributed by atoms with Crippen LogP contribution in [0.1, 0.15) is 50.7 Å². The van der Waals surface area contributed by atoms with Crippen molar-refractivity contribution in [1.29, 1.82) is 0 Å². The molecule has 0 aliphatic carbocycles. The molecule has 0 unspecified atom stereocenters. The summed E-state index contributed by atoms with van der Waals surface area (Å²) < 4.78 is 15.4. The lowest BCUT2D eigenvalue weighted by Gasteiger charge is -2.32. The van der Waals surface area contributed by atoms with Crippen LogP contribution in [0.15, 0.2) is 18.2 Å². The van der Waals surface area contributed by atoms with Gasteiger partial charge in [-0.05, 0) is 23.0 Å². The van der Waals surface area contributed by atoms with Gasteiger partial charge in [-0.25, -0.2) is 0 Å². The largest absolute Gasteiger partial charge is 0.780 e. The van der Waals surface area contributed by atoms with Crippen LogP contribution in [0.2, 0.25) is 0 Å². The molecular weight excluding hydrogens is 239 g/mol. The Kier molecular flexibility index (Phi) is 4.36. The fourth-order valence-electron chi connectivity index (χ4n) is 1.70. The fraction of sp³-hybridized carbons (Fsp3) is 0.500. The first kappa shape index (κ1) is 14.2. The number of phosphoric ester groups is 1. The van der Waals surface area contributed by atoms with Crippen molar-refractivity contribution in [2.45, 2.75) is 39.5 Å². The van der Waals surface area contributed by atoms with Crippen LogP contribution in [0.4, 0.5) is 0 Å². The molecule has 0 radical (unpaired) electrons. The highest BCUT2D eigenvalue weighted by atomic mass is 31.2. The van der Waals surface area contributed by atoms with E-state index in [1.54, 1.807) is 12.1 Å². The Balaban J connectivity index is 3.34. The lowest BCUT2D eigenvalue weighted by Crippen LogP contribution is -2.20. The molecule has 0 atom stereocenters. The summed E-state index contributed by atoms with van der Waals surface area (Å²) in [5.41, 5.74) is 1.48. The van der Waals surface area contributed by atoms with E-state index in [0.29, 0.717) is 0 Å². The summed E-state index contributed by atoms with van der Waals surface area (Å²) in [6, 6.07) is 5.40. The SMILES string of the molecule is CC(C)c1cccc(C(C)C)c1OP(=O)([O-])[O-]. The minimum absolute atomic E-state index is 0.0928. The molecule has 4 nitrogen and oxygen atoms in total. The first-order chi connectivity index (χ1) is 7.72. The van der Waals surface area contributed by atoms with Gasteiger partial charge in [-0.2, -0.15) is 0 Å². The van der Waals surface area contributed by atoms with E-state index < -0.39 is 7.82 Å². The van der Waals surface area contributed by atoms with Gasteiger partial charge in [0.05, 0.1) is 0 Å². The lowest BCUT2D eigenvalue weighted by molar-refractivity contribution is -0.333. The normalized spacial score (nSPS) is 12.2. The van der Waals surface area contributed by atoms with Crippen molar-refractivity contribution in [2.75, 3.05) is 0 Å². The molecule has 0 saturated heterocycles. The molecule has 1 aromatic carbocycles. The predicted molar refractivity (Wildman–Crippen MR) is 62.9 cm³/mol. The second-order valence-electron chi connectivity index (χ2n) is 4.61. The van der Waals surface area contributed by atoms with Gasteiger partial charge in [-0.1, -0.05) is 45.9 Å². The Bertz CT molecular complexity index is 408. The molecular formula is C12H17O4P-2. The summed E-state index contributed by atoms with van der Waals surface area (Å²) in [5.74, 6) is 0.385. The van der Waals surface area contributed by atoms with E-state index in [4.69, 9.17) is 0 Å². The second kappa shape index (κ2) is 5.21. The Labute approximate surface area is 102 Å². The molecule has 1 rings (SSSR count). The third kappa shape index (κ3) is 3.84. The fourth-order valence-corrected chi connectivity index (χ4v) is 2.13. The van der Waals surface area contributed by atoms with Gasteiger partial charge in [-0.3, -0.25) is 0 Å². The number of benzene rings is 1. The Morgan fingerprint density at radius 1 is 1.06 bits per heavy atom. The molecule has 0 aromatic heterocycles. The van der Waals surface area contributed by atoms with Crippen LogP contribution < -0.4 is 14.3 Å². The Morgan fingerprint density at radius 2 is 1.47 bits per heavy atom. The maximum absolute atomic E-state index is 10.8. The van der Waals surface area contributed by atoms with Gasteiger partial charge in [0, 0.05) is 0 Å². The standard InChI is InChI=1S/C12H19O4P/c1-8(2)10-6-5-7-11(9(3)4)12(10)16-17(13,14)15/h5-9H,1-4H3,(H2,13,14,15)/p-2. The van der Waals surface area contributed by atoms with Crippen molar-refractivity contribution in [3.8, 4) is 5.75 Å². The first-order valence-electron chi connectivity index (χ1n) is 5.57. The van der Waals surface area contributed by atoms with Gasteiger partial charge in [0.15, 0.2) is 0 Å². The highest BCUT2D eigenvalue weighted by Gasteiger charge is 2.15. The van der Waals surface area contributed by atoms with Crippen LogP contribution in [-0.4, -0.2) is 0 Å². The van der Waals surface area contributed by atoms with Crippen molar-refractivity contribution in [1.82, 2.24) is 0 Å². The minimum atomic E-state index is -5.02. The first-order valence-corrected chi connectivity index (χ1v) is 7.03. The molecule has 0 bridgehead atoms. The summed E-state index contributed by atoms with van der Waals surface area (Å²) in [7, 11) is -5.02. The monoisotopic (exact) mass is 256 g/mol. The maximum atomic E-state index is 10.8. The van der Waals surface area contributed by atoms with Crippen molar-refractivity contribution < 1.29 is 18.9 Å².